The SMILES string of the molecule is O=C(NCC(c1ccco1)N1CCCC1)c1ccc(N2CCCCC2=O)cc1. The third-order valence-electron chi connectivity index (χ3n) is 5.67. The van der Waals surface area contributed by atoms with Crippen molar-refractivity contribution in [1.29, 1.82) is 0 Å². The number of amides is 2. The number of anilines is 1. The number of benzene rings is 1. The molecular formula is C22H27N3O3. The molecular weight excluding hydrogens is 354 g/mol. The Bertz CT molecular complexity index is 795. The predicted molar refractivity (Wildman–Crippen MR) is 107 cm³/mol. The van der Waals surface area contributed by atoms with Gasteiger partial charge in [0, 0.05) is 30.8 Å². The molecule has 0 saturated carbocycles. The summed E-state index contributed by atoms with van der Waals surface area (Å²) in [5, 5.41) is 3.05. The smallest absolute Gasteiger partial charge is 0.251 e. The highest BCUT2D eigenvalue weighted by Gasteiger charge is 2.26. The van der Waals surface area contributed by atoms with Crippen LogP contribution in [-0.4, -0.2) is 42.9 Å². The van der Waals surface area contributed by atoms with E-state index in [2.05, 4.69) is 10.2 Å². The van der Waals surface area contributed by atoms with Crippen LogP contribution in [0.2, 0.25) is 0 Å². The standard InChI is InChI=1S/C22H27N3O3/c26-21-7-1-2-14-25(21)18-10-8-17(9-11-18)22(27)23-16-19(20-6-5-15-28-20)24-12-3-4-13-24/h5-6,8-11,15,19H,1-4,7,12-14,16H2,(H,23,27). The Morgan fingerprint density at radius 3 is 2.46 bits per heavy atom. The first kappa shape index (κ1) is 18.7. The quantitative estimate of drug-likeness (QED) is 0.833. The Labute approximate surface area is 165 Å². The topological polar surface area (TPSA) is 65.8 Å². The summed E-state index contributed by atoms with van der Waals surface area (Å²) in [4.78, 5) is 28.9. The highest BCUT2D eigenvalue weighted by Crippen LogP contribution is 2.25. The molecule has 1 unspecified atom stereocenters. The van der Waals surface area contributed by atoms with Crippen LogP contribution in [0.5, 0.6) is 0 Å². The fourth-order valence-corrected chi connectivity index (χ4v) is 4.11. The Morgan fingerprint density at radius 1 is 1.04 bits per heavy atom. The lowest BCUT2D eigenvalue weighted by molar-refractivity contribution is -0.119. The molecule has 2 fully saturated rings. The lowest BCUT2D eigenvalue weighted by Crippen LogP contribution is -2.37. The van der Waals surface area contributed by atoms with Crippen molar-refractivity contribution in [2.75, 3.05) is 31.1 Å². The second-order valence-corrected chi connectivity index (χ2v) is 7.53. The lowest BCUT2D eigenvalue weighted by atomic mass is 10.1. The number of likely N-dealkylation sites (tertiary alicyclic amines) is 1. The Balaban J connectivity index is 1.39. The van der Waals surface area contributed by atoms with E-state index in [-0.39, 0.29) is 17.9 Å². The van der Waals surface area contributed by atoms with Crippen LogP contribution < -0.4 is 10.2 Å². The monoisotopic (exact) mass is 381 g/mol. The zero-order valence-corrected chi connectivity index (χ0v) is 16.1. The van der Waals surface area contributed by atoms with E-state index in [1.54, 1.807) is 18.4 Å². The van der Waals surface area contributed by atoms with Crippen LogP contribution >= 0.6 is 0 Å². The maximum Gasteiger partial charge on any atom is 0.251 e. The summed E-state index contributed by atoms with van der Waals surface area (Å²) in [6.45, 7) is 3.32. The molecule has 1 N–H and O–H groups in total. The van der Waals surface area contributed by atoms with E-state index in [9.17, 15) is 9.59 Å². The molecule has 2 aromatic rings. The van der Waals surface area contributed by atoms with Crippen molar-refractivity contribution in [2.45, 2.75) is 38.1 Å². The molecule has 2 aliphatic rings. The van der Waals surface area contributed by atoms with Crippen LogP contribution in [0, 0.1) is 0 Å². The second kappa shape index (κ2) is 8.61. The van der Waals surface area contributed by atoms with Gasteiger partial charge in [-0.25, -0.2) is 0 Å². The van der Waals surface area contributed by atoms with Crippen molar-refractivity contribution >= 4 is 17.5 Å². The van der Waals surface area contributed by atoms with Gasteiger partial charge in [0.1, 0.15) is 5.76 Å². The number of carbonyl (C=O) groups is 2. The fourth-order valence-electron chi connectivity index (χ4n) is 4.11. The van der Waals surface area contributed by atoms with Gasteiger partial charge in [0.15, 0.2) is 0 Å². The van der Waals surface area contributed by atoms with Crippen molar-refractivity contribution in [3.05, 3.63) is 54.0 Å². The third-order valence-corrected chi connectivity index (χ3v) is 5.67. The third kappa shape index (κ3) is 4.12. The number of rotatable bonds is 6. The lowest BCUT2D eigenvalue weighted by Gasteiger charge is -2.27. The molecule has 0 spiro atoms. The number of hydrogen-bond acceptors (Lipinski definition) is 4. The second-order valence-electron chi connectivity index (χ2n) is 7.53. The van der Waals surface area contributed by atoms with Crippen LogP contribution in [0.15, 0.2) is 47.1 Å². The highest BCUT2D eigenvalue weighted by atomic mass is 16.3. The summed E-state index contributed by atoms with van der Waals surface area (Å²) < 4.78 is 5.61. The zero-order valence-electron chi connectivity index (χ0n) is 16.1. The van der Waals surface area contributed by atoms with Crippen LogP contribution in [0.1, 0.15) is 54.3 Å². The summed E-state index contributed by atoms with van der Waals surface area (Å²) in [6, 6.07) is 11.2. The van der Waals surface area contributed by atoms with E-state index >= 15 is 0 Å². The van der Waals surface area contributed by atoms with Crippen molar-refractivity contribution in [3.8, 4) is 0 Å². The molecule has 0 radical (unpaired) electrons. The predicted octanol–water partition coefficient (Wildman–Crippen LogP) is 3.36. The number of carbonyl (C=O) groups excluding carboxylic acids is 2. The molecule has 4 rings (SSSR count). The van der Waals surface area contributed by atoms with E-state index in [0.29, 0.717) is 18.5 Å². The first-order chi connectivity index (χ1) is 13.7. The summed E-state index contributed by atoms with van der Waals surface area (Å²) >= 11 is 0. The van der Waals surface area contributed by atoms with Crippen LogP contribution in [0.25, 0.3) is 0 Å². The number of furan rings is 1. The zero-order chi connectivity index (χ0) is 19.3. The van der Waals surface area contributed by atoms with E-state index in [1.807, 2.05) is 29.2 Å². The van der Waals surface area contributed by atoms with E-state index in [0.717, 1.165) is 43.9 Å². The molecule has 0 aliphatic carbocycles. The van der Waals surface area contributed by atoms with Crippen molar-refractivity contribution < 1.29 is 14.0 Å². The summed E-state index contributed by atoms with van der Waals surface area (Å²) in [5.74, 6) is 0.948. The number of nitrogens with zero attached hydrogens (tertiary/aromatic N) is 2. The van der Waals surface area contributed by atoms with Crippen LogP contribution in [0.3, 0.4) is 0 Å². The van der Waals surface area contributed by atoms with Gasteiger partial charge in [-0.3, -0.25) is 14.5 Å². The van der Waals surface area contributed by atoms with Crippen molar-refractivity contribution in [1.82, 2.24) is 10.2 Å². The molecule has 2 aliphatic heterocycles. The maximum atomic E-state index is 12.6. The molecule has 1 aromatic heterocycles. The molecule has 28 heavy (non-hydrogen) atoms. The first-order valence-electron chi connectivity index (χ1n) is 10.2. The number of hydrogen-bond donors (Lipinski definition) is 1. The molecule has 6 nitrogen and oxygen atoms in total. The van der Waals surface area contributed by atoms with Gasteiger partial charge in [-0.15, -0.1) is 0 Å². The molecule has 2 saturated heterocycles. The summed E-state index contributed by atoms with van der Waals surface area (Å²) in [5.41, 5.74) is 1.47. The van der Waals surface area contributed by atoms with Gasteiger partial charge in [-0.2, -0.15) is 0 Å². The number of piperidine rings is 1. The summed E-state index contributed by atoms with van der Waals surface area (Å²) in [7, 11) is 0. The molecule has 1 atom stereocenters. The average Bonchev–Trinajstić information content (AvgIpc) is 3.43. The fraction of sp³-hybridized carbons (Fsp3) is 0.455. The van der Waals surface area contributed by atoms with Gasteiger partial charge in [0.2, 0.25) is 5.91 Å². The van der Waals surface area contributed by atoms with Crippen LogP contribution in [0.4, 0.5) is 5.69 Å². The Morgan fingerprint density at radius 2 is 1.79 bits per heavy atom. The Kier molecular flexibility index (Phi) is 5.76. The Hall–Kier alpha value is -2.60. The van der Waals surface area contributed by atoms with Gasteiger partial charge in [0.25, 0.3) is 5.91 Å². The van der Waals surface area contributed by atoms with Gasteiger partial charge in [0.05, 0.1) is 12.3 Å². The van der Waals surface area contributed by atoms with Gasteiger partial charge >= 0.3 is 0 Å². The normalized spacial score (nSPS) is 19.0. The number of nitrogens with one attached hydrogen (secondary N) is 1. The van der Waals surface area contributed by atoms with Crippen LogP contribution in [-0.2, 0) is 4.79 Å². The molecule has 3 heterocycles. The van der Waals surface area contributed by atoms with Gasteiger partial charge in [-0.05, 0) is 75.2 Å². The molecule has 6 heteroatoms. The van der Waals surface area contributed by atoms with E-state index in [4.69, 9.17) is 4.42 Å². The minimum atomic E-state index is -0.104. The minimum absolute atomic E-state index is 0.0618. The van der Waals surface area contributed by atoms with E-state index < -0.39 is 0 Å². The minimum Gasteiger partial charge on any atom is -0.468 e. The molecule has 1 aromatic carbocycles. The molecule has 0 bridgehead atoms. The van der Waals surface area contributed by atoms with Gasteiger partial charge < -0.3 is 14.6 Å². The average molecular weight is 381 g/mol. The first-order valence-corrected chi connectivity index (χ1v) is 10.2. The highest BCUT2D eigenvalue weighted by molar-refractivity contribution is 5.96. The van der Waals surface area contributed by atoms with E-state index in [1.165, 1.54) is 12.8 Å². The van der Waals surface area contributed by atoms with Crippen molar-refractivity contribution in [2.24, 2.45) is 0 Å². The molecule has 148 valence electrons. The van der Waals surface area contributed by atoms with Crippen molar-refractivity contribution in [3.63, 3.8) is 0 Å². The largest absolute Gasteiger partial charge is 0.468 e. The molecule has 2 amide bonds. The maximum absolute atomic E-state index is 12.6. The summed E-state index contributed by atoms with van der Waals surface area (Å²) in [6.07, 6.45) is 6.64. The van der Waals surface area contributed by atoms with Gasteiger partial charge in [-0.1, -0.05) is 0 Å².